The van der Waals surface area contributed by atoms with Gasteiger partial charge in [0.25, 0.3) is 0 Å². The Labute approximate surface area is 199 Å². The molecule has 1 aliphatic heterocycles. The first-order valence-electron chi connectivity index (χ1n) is 10.8. The summed E-state index contributed by atoms with van der Waals surface area (Å²) in [5.41, 5.74) is 9.71. The highest BCUT2D eigenvalue weighted by Crippen LogP contribution is 2.37. The van der Waals surface area contributed by atoms with Gasteiger partial charge in [0, 0.05) is 39.8 Å². The quantitative estimate of drug-likeness (QED) is 0.303. The Kier molecular flexibility index (Phi) is 5.81. The number of nitrogens with zero attached hydrogens (tertiary/aromatic N) is 1. The molecular formula is C28H26N2S2. The topological polar surface area (TPSA) is 15.3 Å². The van der Waals surface area contributed by atoms with E-state index < -0.39 is 0 Å². The molecule has 1 N–H and O–H groups in total. The fraction of sp³-hybridized carbons (Fsp3) is 0.143. The van der Waals surface area contributed by atoms with Crippen LogP contribution in [0.4, 0.5) is 11.4 Å². The number of nitrogens with one attached hydrogen (secondary N) is 1. The molecule has 160 valence electrons. The largest absolute Gasteiger partial charge is 0.381 e. The summed E-state index contributed by atoms with van der Waals surface area (Å²) in [7, 11) is 0. The zero-order valence-electron chi connectivity index (χ0n) is 18.1. The van der Waals surface area contributed by atoms with Crippen LogP contribution in [0.25, 0.3) is 5.70 Å². The number of thiophene rings is 1. The first-order valence-corrected chi connectivity index (χ1v) is 12.1. The molecule has 0 aliphatic carbocycles. The maximum Gasteiger partial charge on any atom is 0.0578 e. The molecule has 1 aromatic heterocycles. The molecule has 3 aromatic carbocycles. The number of hydrogen-bond donors (Lipinski definition) is 2. The Hall–Kier alpha value is -2.95. The second kappa shape index (κ2) is 8.89. The van der Waals surface area contributed by atoms with Gasteiger partial charge in [0.2, 0.25) is 0 Å². The molecule has 4 aromatic rings. The fourth-order valence-electron chi connectivity index (χ4n) is 4.22. The van der Waals surface area contributed by atoms with Gasteiger partial charge in [0.15, 0.2) is 0 Å². The minimum absolute atomic E-state index is 0.750. The van der Waals surface area contributed by atoms with E-state index in [0.29, 0.717) is 0 Å². The van der Waals surface area contributed by atoms with Crippen LogP contribution in [0.2, 0.25) is 0 Å². The first-order chi connectivity index (χ1) is 15.6. The van der Waals surface area contributed by atoms with Gasteiger partial charge >= 0.3 is 0 Å². The van der Waals surface area contributed by atoms with Crippen LogP contribution in [0.15, 0.2) is 89.7 Å². The highest BCUT2D eigenvalue weighted by atomic mass is 32.1. The summed E-state index contributed by atoms with van der Waals surface area (Å²) in [6.45, 7) is 8.19. The maximum absolute atomic E-state index is 4.61. The Morgan fingerprint density at radius 3 is 2.66 bits per heavy atom. The lowest BCUT2D eigenvalue weighted by Crippen LogP contribution is -2.20. The average Bonchev–Trinajstić information content (AvgIpc) is 3.17. The third-order valence-corrected chi connectivity index (χ3v) is 7.43. The highest BCUT2D eigenvalue weighted by molar-refractivity contribution is 7.80. The molecule has 0 bridgehead atoms. The second-order valence-electron chi connectivity index (χ2n) is 8.27. The van der Waals surface area contributed by atoms with E-state index >= 15 is 0 Å². The monoisotopic (exact) mass is 454 g/mol. The third kappa shape index (κ3) is 4.21. The number of fused-ring (bicyclic) bond motifs is 2. The summed E-state index contributed by atoms with van der Waals surface area (Å²) in [6, 6.07) is 25.9. The van der Waals surface area contributed by atoms with Crippen molar-refractivity contribution in [2.75, 3.05) is 10.2 Å². The third-order valence-electron chi connectivity index (χ3n) is 6.07. The van der Waals surface area contributed by atoms with Gasteiger partial charge in [0.05, 0.1) is 6.54 Å². The van der Waals surface area contributed by atoms with Gasteiger partial charge in [-0.15, -0.1) is 24.0 Å². The molecular weight excluding hydrogens is 428 g/mol. The second-order valence-corrected chi connectivity index (χ2v) is 9.75. The van der Waals surface area contributed by atoms with Crippen molar-refractivity contribution in [3.05, 3.63) is 117 Å². The molecule has 32 heavy (non-hydrogen) atoms. The van der Waals surface area contributed by atoms with Crippen LogP contribution >= 0.6 is 24.0 Å². The average molecular weight is 455 g/mol. The molecule has 0 spiro atoms. The highest BCUT2D eigenvalue weighted by Gasteiger charge is 2.22. The first kappa shape index (κ1) is 20.9. The van der Waals surface area contributed by atoms with Crippen molar-refractivity contribution >= 4 is 41.0 Å². The Morgan fingerprint density at radius 1 is 1.03 bits per heavy atom. The molecule has 0 fully saturated rings. The van der Waals surface area contributed by atoms with Gasteiger partial charge in [0.1, 0.15) is 0 Å². The molecule has 0 atom stereocenters. The van der Waals surface area contributed by atoms with Gasteiger partial charge in [-0.05, 0) is 64.9 Å². The van der Waals surface area contributed by atoms with Crippen LogP contribution in [0, 0.1) is 6.92 Å². The normalized spacial score (nSPS) is 12.6. The fourth-order valence-corrected chi connectivity index (χ4v) is 5.47. The van der Waals surface area contributed by atoms with Crippen LogP contribution in [0.5, 0.6) is 0 Å². The number of aryl methyl sites for hydroxylation is 1. The van der Waals surface area contributed by atoms with E-state index in [1.54, 1.807) is 0 Å². The van der Waals surface area contributed by atoms with Crippen molar-refractivity contribution in [3.8, 4) is 0 Å². The summed E-state index contributed by atoms with van der Waals surface area (Å²) in [4.78, 5) is 4.80. The molecule has 2 heterocycles. The van der Waals surface area contributed by atoms with E-state index in [-0.39, 0.29) is 0 Å². The van der Waals surface area contributed by atoms with Crippen molar-refractivity contribution in [2.24, 2.45) is 0 Å². The lowest BCUT2D eigenvalue weighted by molar-refractivity contribution is 1.01. The minimum Gasteiger partial charge on any atom is -0.381 e. The number of rotatable bonds is 5. The van der Waals surface area contributed by atoms with Crippen molar-refractivity contribution in [3.63, 3.8) is 0 Å². The molecule has 0 unspecified atom stereocenters. The zero-order valence-corrected chi connectivity index (χ0v) is 19.8. The summed E-state index contributed by atoms with van der Waals surface area (Å²) < 4.78 is 0. The lowest BCUT2D eigenvalue weighted by Gasteiger charge is -2.27. The Balaban J connectivity index is 1.35. The zero-order chi connectivity index (χ0) is 22.1. The predicted octanol–water partition coefficient (Wildman–Crippen LogP) is 7.54. The van der Waals surface area contributed by atoms with Crippen LogP contribution in [-0.4, -0.2) is 0 Å². The number of hydrogen-bond acceptors (Lipinski definition) is 4. The number of anilines is 2. The van der Waals surface area contributed by atoms with Crippen molar-refractivity contribution < 1.29 is 0 Å². The smallest absolute Gasteiger partial charge is 0.0578 e. The summed E-state index contributed by atoms with van der Waals surface area (Å²) in [5.74, 6) is 0. The molecule has 5 rings (SSSR count). The molecule has 4 heteroatoms. The molecule has 0 amide bonds. The minimum atomic E-state index is 0.750. The summed E-state index contributed by atoms with van der Waals surface area (Å²) in [6.07, 6.45) is 0.980. The van der Waals surface area contributed by atoms with Gasteiger partial charge in [-0.2, -0.15) is 0 Å². The van der Waals surface area contributed by atoms with Crippen molar-refractivity contribution in [1.29, 1.82) is 0 Å². The van der Waals surface area contributed by atoms with Crippen LogP contribution in [0.3, 0.4) is 0 Å². The van der Waals surface area contributed by atoms with E-state index in [9.17, 15) is 0 Å². The summed E-state index contributed by atoms with van der Waals surface area (Å²) >= 11 is 6.44. The number of para-hydroxylation sites is 1. The standard InChI is InChI=1S/C28H26N2S2/c1-19-7-8-24(27(31)15-19)17-29-25-11-9-21(10-12-25)20(2)30-18-28-23(13-14-32-28)16-22-5-3-4-6-26(22)30/h3-15,29,31H,2,16-18H2,1H3. The van der Waals surface area contributed by atoms with Crippen LogP contribution < -0.4 is 10.2 Å². The van der Waals surface area contributed by atoms with Crippen molar-refractivity contribution in [2.45, 2.75) is 31.3 Å². The molecule has 1 aliphatic rings. The van der Waals surface area contributed by atoms with E-state index in [4.69, 9.17) is 0 Å². The van der Waals surface area contributed by atoms with Crippen LogP contribution in [0.1, 0.15) is 32.7 Å². The predicted molar refractivity (Wildman–Crippen MR) is 141 cm³/mol. The summed E-state index contributed by atoms with van der Waals surface area (Å²) in [5, 5.41) is 5.71. The van der Waals surface area contributed by atoms with E-state index in [1.807, 2.05) is 11.3 Å². The van der Waals surface area contributed by atoms with Gasteiger partial charge in [-0.3, -0.25) is 0 Å². The number of benzene rings is 3. The van der Waals surface area contributed by atoms with Gasteiger partial charge < -0.3 is 10.2 Å². The maximum atomic E-state index is 4.61. The van der Waals surface area contributed by atoms with Crippen LogP contribution in [-0.2, 0) is 19.5 Å². The number of thiol groups is 1. The molecule has 2 nitrogen and oxygen atoms in total. The molecule has 0 saturated heterocycles. The molecule has 0 saturated carbocycles. The Bertz CT molecular complexity index is 1270. The van der Waals surface area contributed by atoms with E-state index in [2.05, 4.69) is 115 Å². The van der Waals surface area contributed by atoms with Gasteiger partial charge in [-0.25, -0.2) is 0 Å². The Morgan fingerprint density at radius 2 is 1.84 bits per heavy atom. The SMILES string of the molecule is C=C(c1ccc(NCc2ccc(C)cc2S)cc1)N1Cc2sccc2Cc2ccccc21. The molecule has 0 radical (unpaired) electrons. The van der Waals surface area contributed by atoms with E-state index in [0.717, 1.165) is 41.4 Å². The van der Waals surface area contributed by atoms with E-state index in [1.165, 1.54) is 32.8 Å². The van der Waals surface area contributed by atoms with Gasteiger partial charge in [-0.1, -0.05) is 54.6 Å². The lowest BCUT2D eigenvalue weighted by atomic mass is 10.0. The van der Waals surface area contributed by atoms with Crippen molar-refractivity contribution in [1.82, 2.24) is 0 Å².